The normalized spacial score (nSPS) is 14.5. The van der Waals surface area contributed by atoms with E-state index in [-0.39, 0.29) is 11.9 Å². The second-order valence-electron chi connectivity index (χ2n) is 17.3. The summed E-state index contributed by atoms with van der Waals surface area (Å²) in [7, 11) is 0. The summed E-state index contributed by atoms with van der Waals surface area (Å²) in [6.07, 6.45) is 22.0. The van der Waals surface area contributed by atoms with E-state index in [0.717, 1.165) is 96.6 Å². The van der Waals surface area contributed by atoms with Crippen LogP contribution in [0.3, 0.4) is 0 Å². The third-order valence-corrected chi connectivity index (χ3v) is 11.9. The number of rotatable bonds is 36. The number of unbranched alkanes of at least 4 members (excludes halogenated alkanes) is 16. The van der Waals surface area contributed by atoms with Crippen molar-refractivity contribution in [2.24, 2.45) is 0 Å². The van der Waals surface area contributed by atoms with E-state index in [0.29, 0.717) is 39.6 Å². The van der Waals surface area contributed by atoms with E-state index >= 15 is 0 Å². The first-order valence-corrected chi connectivity index (χ1v) is 25.2. The molecule has 10 heteroatoms. The van der Waals surface area contributed by atoms with Crippen LogP contribution in [0.15, 0.2) is 122 Å². The van der Waals surface area contributed by atoms with Crippen LogP contribution in [0.4, 0.5) is 0 Å². The van der Waals surface area contributed by atoms with Crippen molar-refractivity contribution in [2.45, 2.75) is 141 Å². The number of carbonyl (C=O) groups is 2. The molecule has 68 heavy (non-hydrogen) atoms. The van der Waals surface area contributed by atoms with Crippen LogP contribution in [-0.2, 0) is 51.2 Å². The quantitative estimate of drug-likeness (QED) is 0.0248. The van der Waals surface area contributed by atoms with Gasteiger partial charge in [0.25, 0.3) is 0 Å². The van der Waals surface area contributed by atoms with Crippen LogP contribution < -0.4 is 9.47 Å². The summed E-state index contributed by atoms with van der Waals surface area (Å²) in [5.41, 5.74) is 6.59. The highest BCUT2D eigenvalue weighted by Crippen LogP contribution is 2.26. The minimum atomic E-state index is -0.629. The van der Waals surface area contributed by atoms with Gasteiger partial charge in [-0.3, -0.25) is 0 Å². The summed E-state index contributed by atoms with van der Waals surface area (Å²) in [6.45, 7) is 10.9. The average molecular weight is 933 g/mol. The number of carbonyl (C=O) groups excluding carboxylic acids is 2. The van der Waals surface area contributed by atoms with E-state index in [9.17, 15) is 9.59 Å². The third kappa shape index (κ3) is 21.8. The molecule has 0 bridgehead atoms. The molecule has 10 nitrogen and oxygen atoms in total. The monoisotopic (exact) mass is 933 g/mol. The van der Waals surface area contributed by atoms with E-state index in [1.807, 2.05) is 24.3 Å². The zero-order valence-electron chi connectivity index (χ0n) is 40.4. The summed E-state index contributed by atoms with van der Waals surface area (Å²) in [4.78, 5) is 22.1. The van der Waals surface area contributed by atoms with Crippen LogP contribution in [0.2, 0.25) is 0 Å². The number of ether oxygens (including phenoxy) is 8. The summed E-state index contributed by atoms with van der Waals surface area (Å²) < 4.78 is 46.3. The Kier molecular flexibility index (Phi) is 26.3. The van der Waals surface area contributed by atoms with Gasteiger partial charge in [0, 0.05) is 12.2 Å². The largest absolute Gasteiger partial charge is 0.494 e. The van der Waals surface area contributed by atoms with E-state index < -0.39 is 12.6 Å². The van der Waals surface area contributed by atoms with Crippen molar-refractivity contribution >= 4 is 11.9 Å². The van der Waals surface area contributed by atoms with Gasteiger partial charge in [-0.25, -0.2) is 9.59 Å². The Morgan fingerprint density at radius 1 is 0.412 bits per heavy atom. The Balaban J connectivity index is 0.901. The second-order valence-corrected chi connectivity index (χ2v) is 17.3. The molecule has 5 rings (SSSR count). The fourth-order valence-electron chi connectivity index (χ4n) is 7.90. The lowest BCUT2D eigenvalue weighted by Crippen LogP contribution is -2.41. The average Bonchev–Trinajstić information content (AvgIpc) is 3.38. The Hall–Kier alpha value is -5.26. The summed E-state index contributed by atoms with van der Waals surface area (Å²) in [5.74, 6) is 1.12. The molecular weight excluding hydrogens is 857 g/mol. The standard InChI is InChI=1S/C58H76O10/c1-3-55(59)63-41-21-17-13-9-5-7-11-15-19-39-61-53-35-31-51(32-36-53)49-27-23-47(24-28-49)45-67-57-58(66-44-43-65-57)68-46-48-25-29-50(30-26-48)52-33-37-54(38-34-52)62-40-20-16-12-8-6-10-14-18-22-42-64-56(60)4-2/h3-4,23-38,57-58H,1-2,5-22,39-46H2. The Labute approximate surface area is 406 Å². The molecule has 2 atom stereocenters. The maximum absolute atomic E-state index is 11.1. The van der Waals surface area contributed by atoms with Crippen molar-refractivity contribution in [2.75, 3.05) is 39.6 Å². The van der Waals surface area contributed by atoms with Crippen LogP contribution in [0.5, 0.6) is 11.5 Å². The van der Waals surface area contributed by atoms with E-state index in [1.165, 1.54) is 89.2 Å². The summed E-state index contributed by atoms with van der Waals surface area (Å²) >= 11 is 0. The summed E-state index contributed by atoms with van der Waals surface area (Å²) in [6, 6.07) is 33.4. The number of hydrogen-bond donors (Lipinski definition) is 0. The fourth-order valence-corrected chi connectivity index (χ4v) is 7.90. The van der Waals surface area contributed by atoms with Gasteiger partial charge in [0.05, 0.1) is 52.9 Å². The van der Waals surface area contributed by atoms with Gasteiger partial charge in [-0.2, -0.15) is 0 Å². The highest BCUT2D eigenvalue weighted by molar-refractivity contribution is 5.81. The molecule has 1 aliphatic rings. The maximum Gasteiger partial charge on any atom is 0.330 e. The molecule has 0 aliphatic carbocycles. The highest BCUT2D eigenvalue weighted by atomic mass is 16.8. The molecule has 0 radical (unpaired) electrons. The number of hydrogen-bond acceptors (Lipinski definition) is 10. The van der Waals surface area contributed by atoms with Crippen LogP contribution in [0.1, 0.15) is 127 Å². The molecule has 4 aromatic rings. The van der Waals surface area contributed by atoms with Gasteiger partial charge >= 0.3 is 11.9 Å². The molecule has 0 aromatic heterocycles. The molecule has 1 fully saturated rings. The topological polar surface area (TPSA) is 108 Å². The number of esters is 2. The maximum atomic E-state index is 11.1. The molecule has 4 aromatic carbocycles. The van der Waals surface area contributed by atoms with Gasteiger partial charge in [0.1, 0.15) is 11.5 Å². The third-order valence-electron chi connectivity index (χ3n) is 11.9. The van der Waals surface area contributed by atoms with Crippen molar-refractivity contribution < 1.29 is 47.5 Å². The van der Waals surface area contributed by atoms with Gasteiger partial charge in [-0.05, 0) is 83.3 Å². The minimum absolute atomic E-state index is 0.336. The molecule has 0 N–H and O–H groups in total. The Morgan fingerprint density at radius 3 is 1.00 bits per heavy atom. The van der Waals surface area contributed by atoms with E-state index in [4.69, 9.17) is 37.9 Å². The predicted octanol–water partition coefficient (Wildman–Crippen LogP) is 13.7. The molecule has 0 spiro atoms. The molecule has 0 amide bonds. The van der Waals surface area contributed by atoms with Crippen molar-refractivity contribution in [3.63, 3.8) is 0 Å². The van der Waals surface area contributed by atoms with Gasteiger partial charge in [-0.1, -0.05) is 176 Å². The first kappa shape index (κ1) is 53.7. The zero-order valence-corrected chi connectivity index (χ0v) is 40.4. The lowest BCUT2D eigenvalue weighted by Gasteiger charge is -2.31. The molecule has 2 unspecified atom stereocenters. The smallest absolute Gasteiger partial charge is 0.330 e. The highest BCUT2D eigenvalue weighted by Gasteiger charge is 2.29. The van der Waals surface area contributed by atoms with Gasteiger partial charge in [0.2, 0.25) is 12.6 Å². The molecule has 1 aliphatic heterocycles. The lowest BCUT2D eigenvalue weighted by molar-refractivity contribution is -0.326. The van der Waals surface area contributed by atoms with Crippen molar-refractivity contribution in [1.82, 2.24) is 0 Å². The van der Waals surface area contributed by atoms with E-state index in [2.05, 4.69) is 86.0 Å². The van der Waals surface area contributed by atoms with Gasteiger partial charge in [-0.15, -0.1) is 0 Å². The Morgan fingerprint density at radius 2 is 0.691 bits per heavy atom. The summed E-state index contributed by atoms with van der Waals surface area (Å²) in [5, 5.41) is 0. The first-order chi connectivity index (χ1) is 33.5. The van der Waals surface area contributed by atoms with Crippen molar-refractivity contribution in [3.8, 4) is 33.8 Å². The van der Waals surface area contributed by atoms with Crippen LogP contribution >= 0.6 is 0 Å². The van der Waals surface area contributed by atoms with Crippen molar-refractivity contribution in [3.05, 3.63) is 133 Å². The zero-order chi connectivity index (χ0) is 47.7. The lowest BCUT2D eigenvalue weighted by atomic mass is 10.0. The van der Waals surface area contributed by atoms with Gasteiger partial charge < -0.3 is 37.9 Å². The molecule has 368 valence electrons. The van der Waals surface area contributed by atoms with Crippen molar-refractivity contribution in [1.29, 1.82) is 0 Å². The SMILES string of the molecule is C=CC(=O)OCCCCCCCCCCCOc1ccc(-c2ccc(COC3OCCOC3OCc3ccc(-c4ccc(OCCCCCCCCCCCOC(=O)C=C)cc4)cc3)cc2)cc1. The Bertz CT molecular complexity index is 1830. The van der Waals surface area contributed by atoms with Crippen LogP contribution in [0, 0.1) is 0 Å². The van der Waals surface area contributed by atoms with E-state index in [1.54, 1.807) is 0 Å². The van der Waals surface area contributed by atoms with Gasteiger partial charge in [0.15, 0.2) is 0 Å². The minimum Gasteiger partial charge on any atom is -0.494 e. The van der Waals surface area contributed by atoms with Crippen LogP contribution in [-0.4, -0.2) is 64.2 Å². The predicted molar refractivity (Wildman–Crippen MR) is 269 cm³/mol. The first-order valence-electron chi connectivity index (χ1n) is 25.2. The molecule has 1 saturated heterocycles. The molecule has 0 saturated carbocycles. The number of benzene rings is 4. The fraction of sp³-hybridized carbons (Fsp3) is 0.483. The second kappa shape index (κ2) is 33.3. The van der Waals surface area contributed by atoms with Crippen LogP contribution in [0.25, 0.3) is 22.3 Å². The molecular formula is C58H76O10. The molecule has 1 heterocycles.